The highest BCUT2D eigenvalue weighted by Crippen LogP contribution is 2.35. The van der Waals surface area contributed by atoms with Gasteiger partial charge in [-0.15, -0.1) is 10.2 Å². The summed E-state index contributed by atoms with van der Waals surface area (Å²) in [7, 11) is 0. The van der Waals surface area contributed by atoms with Crippen LogP contribution in [0, 0.1) is 12.8 Å². The molecule has 3 aromatic rings. The number of benzene rings is 1. The Balaban J connectivity index is 1.43. The van der Waals surface area contributed by atoms with Gasteiger partial charge in [-0.05, 0) is 49.3 Å². The summed E-state index contributed by atoms with van der Waals surface area (Å²) in [5.74, 6) is -1.22. The maximum absolute atomic E-state index is 12.9. The zero-order valence-corrected chi connectivity index (χ0v) is 18.9. The van der Waals surface area contributed by atoms with Crippen LogP contribution in [-0.4, -0.2) is 62.4 Å². The first-order valence-electron chi connectivity index (χ1n) is 10.7. The average Bonchev–Trinajstić information content (AvgIpc) is 3.59. The number of alkyl halides is 3. The molecule has 1 aliphatic heterocycles. The summed E-state index contributed by atoms with van der Waals surface area (Å²) in [6.45, 7) is 4.08. The summed E-state index contributed by atoms with van der Waals surface area (Å²) >= 11 is 1.15. The predicted molar refractivity (Wildman–Crippen MR) is 117 cm³/mol. The van der Waals surface area contributed by atoms with Crippen LogP contribution in [0.5, 0.6) is 5.75 Å². The summed E-state index contributed by atoms with van der Waals surface area (Å²) in [5.41, 5.74) is 0.732. The maximum atomic E-state index is 12.9. The summed E-state index contributed by atoms with van der Waals surface area (Å²) in [6.07, 6.45) is -1.30. The molecular formula is C21H20F3N7O2S. The third-order valence-electron chi connectivity index (χ3n) is 5.71. The third-order valence-corrected chi connectivity index (χ3v) is 6.33. The zero-order valence-electron chi connectivity index (χ0n) is 18.0. The number of hydrogen-bond acceptors (Lipinski definition) is 10. The number of hydrogen-bond donors (Lipinski definition) is 1. The molecule has 178 valence electrons. The van der Waals surface area contributed by atoms with E-state index in [0.29, 0.717) is 34.3 Å². The Kier molecular flexibility index (Phi) is 5.90. The number of nitrogens with zero attached hydrogens (tertiary/aromatic N) is 6. The van der Waals surface area contributed by atoms with Crippen molar-refractivity contribution in [2.45, 2.75) is 32.0 Å². The lowest BCUT2D eigenvalue weighted by atomic mass is 10.1. The van der Waals surface area contributed by atoms with Crippen molar-refractivity contribution >= 4 is 23.5 Å². The molecule has 0 spiro atoms. The molecule has 9 nitrogen and oxygen atoms in total. The van der Waals surface area contributed by atoms with E-state index < -0.39 is 12.1 Å². The number of rotatable bonds is 5. The molecule has 34 heavy (non-hydrogen) atoms. The van der Waals surface area contributed by atoms with Crippen LogP contribution in [0.2, 0.25) is 0 Å². The van der Waals surface area contributed by atoms with Gasteiger partial charge < -0.3 is 15.0 Å². The van der Waals surface area contributed by atoms with Gasteiger partial charge in [0, 0.05) is 36.8 Å². The second-order valence-electron chi connectivity index (χ2n) is 8.22. The number of carbonyl (C=O) groups is 1. The SMILES string of the molecule is Cc1nc(-c2ccc(-c3cnc(N4CCN[C@@H](C5CC5)C4)nn3)c(OC(=O)C(F)(F)F)c2)ns1. The fourth-order valence-electron chi connectivity index (χ4n) is 3.84. The monoisotopic (exact) mass is 491 g/mol. The van der Waals surface area contributed by atoms with Crippen molar-refractivity contribution in [2.75, 3.05) is 24.5 Å². The summed E-state index contributed by atoms with van der Waals surface area (Å²) < 4.78 is 47.6. The Hall–Kier alpha value is -3.19. The molecule has 0 bridgehead atoms. The minimum absolute atomic E-state index is 0.149. The van der Waals surface area contributed by atoms with E-state index in [1.807, 2.05) is 4.90 Å². The normalized spacial score (nSPS) is 18.7. The Bertz CT molecular complexity index is 1200. The van der Waals surface area contributed by atoms with E-state index in [0.717, 1.165) is 31.2 Å². The molecule has 0 unspecified atom stereocenters. The number of halogens is 3. The first-order chi connectivity index (χ1) is 16.3. The maximum Gasteiger partial charge on any atom is 0.491 e. The number of esters is 1. The smallest absolute Gasteiger partial charge is 0.419 e. The van der Waals surface area contributed by atoms with Crippen LogP contribution in [0.1, 0.15) is 17.8 Å². The van der Waals surface area contributed by atoms with Crippen molar-refractivity contribution < 1.29 is 22.7 Å². The molecule has 0 radical (unpaired) electrons. The van der Waals surface area contributed by atoms with Crippen LogP contribution in [0.15, 0.2) is 24.4 Å². The molecule has 3 heterocycles. The number of ether oxygens (including phenoxy) is 1. The average molecular weight is 491 g/mol. The molecule has 1 saturated carbocycles. The van der Waals surface area contributed by atoms with Gasteiger partial charge in [-0.3, -0.25) is 0 Å². The van der Waals surface area contributed by atoms with Crippen molar-refractivity contribution in [1.29, 1.82) is 0 Å². The van der Waals surface area contributed by atoms with Crippen LogP contribution in [0.25, 0.3) is 22.6 Å². The molecule has 0 amide bonds. The fraction of sp³-hybridized carbons (Fsp3) is 0.429. The standard InChI is InChI=1S/C21H20F3N7O2S/c1-11-27-18(30-34-11)13-4-5-14(17(8-13)33-19(32)21(22,23)24)15-9-26-20(29-28-15)31-7-6-25-16(10-31)12-2-3-12/h4-5,8-9,12,16,25H,2-3,6-7,10H2,1H3/t16-/m1/s1. The van der Waals surface area contributed by atoms with E-state index in [9.17, 15) is 18.0 Å². The van der Waals surface area contributed by atoms with Gasteiger partial charge in [-0.2, -0.15) is 17.5 Å². The second-order valence-corrected chi connectivity index (χ2v) is 9.18. The third kappa shape index (κ3) is 4.85. The van der Waals surface area contributed by atoms with Crippen molar-refractivity contribution in [2.24, 2.45) is 5.92 Å². The fourth-order valence-corrected chi connectivity index (χ4v) is 4.34. The van der Waals surface area contributed by atoms with Crippen molar-refractivity contribution in [3.63, 3.8) is 0 Å². The van der Waals surface area contributed by atoms with Gasteiger partial charge in [-0.25, -0.2) is 14.8 Å². The summed E-state index contributed by atoms with van der Waals surface area (Å²) in [4.78, 5) is 22.2. The molecule has 2 aliphatic rings. The lowest BCUT2D eigenvalue weighted by molar-refractivity contribution is -0.189. The quantitative estimate of drug-likeness (QED) is 0.426. The van der Waals surface area contributed by atoms with E-state index in [4.69, 9.17) is 4.74 Å². The van der Waals surface area contributed by atoms with Crippen LogP contribution in [0.3, 0.4) is 0 Å². The van der Waals surface area contributed by atoms with Gasteiger partial charge in [0.15, 0.2) is 5.82 Å². The number of aryl methyl sites for hydroxylation is 1. The molecule has 2 fully saturated rings. The van der Waals surface area contributed by atoms with Crippen molar-refractivity contribution in [3.05, 3.63) is 29.4 Å². The molecule has 2 aromatic heterocycles. The summed E-state index contributed by atoms with van der Waals surface area (Å²) in [5, 5.41) is 12.6. The van der Waals surface area contributed by atoms with E-state index in [-0.39, 0.29) is 17.0 Å². The van der Waals surface area contributed by atoms with E-state index in [2.05, 4.69) is 29.9 Å². The van der Waals surface area contributed by atoms with Crippen molar-refractivity contribution in [1.82, 2.24) is 29.9 Å². The van der Waals surface area contributed by atoms with E-state index in [1.165, 1.54) is 31.2 Å². The van der Waals surface area contributed by atoms with Gasteiger partial charge in [0.2, 0.25) is 5.95 Å². The van der Waals surface area contributed by atoms with E-state index >= 15 is 0 Å². The molecule has 5 rings (SSSR count). The van der Waals surface area contributed by atoms with Crippen molar-refractivity contribution in [3.8, 4) is 28.4 Å². The van der Waals surface area contributed by atoms with Gasteiger partial charge in [0.25, 0.3) is 0 Å². The first-order valence-corrected chi connectivity index (χ1v) is 11.5. The number of piperazine rings is 1. The minimum Gasteiger partial charge on any atom is -0.419 e. The highest BCUT2D eigenvalue weighted by Gasteiger charge is 2.42. The second kappa shape index (κ2) is 8.87. The van der Waals surface area contributed by atoms with Gasteiger partial charge in [-0.1, -0.05) is 6.07 Å². The first kappa shape index (κ1) is 22.6. The number of anilines is 1. The van der Waals surface area contributed by atoms with Crippen LogP contribution in [-0.2, 0) is 4.79 Å². The Morgan fingerprint density at radius 1 is 1.26 bits per heavy atom. The molecule has 1 aromatic carbocycles. The molecular weight excluding hydrogens is 471 g/mol. The Labute approximate surface area is 196 Å². The Morgan fingerprint density at radius 2 is 2.09 bits per heavy atom. The largest absolute Gasteiger partial charge is 0.491 e. The molecule has 1 atom stereocenters. The highest BCUT2D eigenvalue weighted by atomic mass is 32.1. The Morgan fingerprint density at radius 3 is 2.74 bits per heavy atom. The lowest BCUT2D eigenvalue weighted by Gasteiger charge is -2.33. The molecule has 13 heteroatoms. The number of nitrogens with one attached hydrogen (secondary N) is 1. The van der Waals surface area contributed by atoms with Crippen LogP contribution >= 0.6 is 11.5 Å². The molecule has 1 aliphatic carbocycles. The van der Waals surface area contributed by atoms with Crippen LogP contribution < -0.4 is 15.0 Å². The summed E-state index contributed by atoms with van der Waals surface area (Å²) in [6, 6.07) is 4.78. The number of carbonyl (C=O) groups excluding carboxylic acids is 1. The molecule has 1 saturated heterocycles. The lowest BCUT2D eigenvalue weighted by Crippen LogP contribution is -2.52. The van der Waals surface area contributed by atoms with Crippen LogP contribution in [0.4, 0.5) is 19.1 Å². The highest BCUT2D eigenvalue weighted by molar-refractivity contribution is 7.05. The van der Waals surface area contributed by atoms with Gasteiger partial charge in [0.05, 0.1) is 6.20 Å². The topological polar surface area (TPSA) is 106 Å². The minimum atomic E-state index is -5.16. The molecule has 1 N–H and O–H groups in total. The number of aromatic nitrogens is 5. The predicted octanol–water partition coefficient (Wildman–Crippen LogP) is 3.02. The zero-order chi connectivity index (χ0) is 23.9. The van der Waals surface area contributed by atoms with Gasteiger partial charge >= 0.3 is 12.1 Å². The van der Waals surface area contributed by atoms with E-state index in [1.54, 1.807) is 13.0 Å². The van der Waals surface area contributed by atoms with Gasteiger partial charge in [0.1, 0.15) is 16.5 Å².